The molecule has 2 atom stereocenters. The minimum absolute atomic E-state index is 0. The van der Waals surface area contributed by atoms with E-state index >= 15 is 0 Å². The standard InChI is InChI=1S/C34H36N4O2.2ClH/c39-25(23-37-31-13-5-1-9-27(31)28-10-2-6-14-32(28)37)21-35-17-19-36(20-18-35)22-26(40)24-38-33-15-7-3-11-29(33)30-12-4-8-16-34(30)38;;/h1-16,25-26,39-40H,17-24H2;2*1H. The quantitative estimate of drug-likeness (QED) is 0.168. The number of nitrogens with one attached hydrogen (secondary N) is 2. The van der Waals surface area contributed by atoms with Gasteiger partial charge in [0.1, 0.15) is 48.0 Å². The molecule has 0 spiro atoms. The third-order valence-electron chi connectivity index (χ3n) is 8.87. The lowest BCUT2D eigenvalue weighted by atomic mass is 10.1. The molecule has 42 heavy (non-hydrogen) atoms. The zero-order valence-corrected chi connectivity index (χ0v) is 25.1. The second-order valence-electron chi connectivity index (χ2n) is 11.5. The summed E-state index contributed by atoms with van der Waals surface area (Å²) in [6.45, 7) is 6.32. The molecule has 6 nitrogen and oxygen atoms in total. The van der Waals surface area contributed by atoms with Crippen molar-refractivity contribution in [3.05, 3.63) is 97.1 Å². The average Bonchev–Trinajstić information content (AvgIpc) is 3.47. The largest absolute Gasteiger partial charge is 1.00 e. The van der Waals surface area contributed by atoms with Crippen molar-refractivity contribution in [2.75, 3.05) is 52.4 Å². The number of nitrogens with zero attached hydrogens (tertiary/aromatic N) is 2. The first-order valence-corrected chi connectivity index (χ1v) is 14.6. The molecule has 2 unspecified atom stereocenters. The summed E-state index contributed by atoms with van der Waals surface area (Å²) in [5, 5.41) is 22.3. The number of piperazine rings is 1. The summed E-state index contributed by atoms with van der Waals surface area (Å²) in [7, 11) is 0. The van der Waals surface area contributed by atoms with E-state index in [1.54, 1.807) is 0 Å². The van der Waals surface area contributed by atoms with Crippen LogP contribution in [0.2, 0.25) is 0 Å². The predicted octanol–water partition coefficient (Wildman–Crippen LogP) is -3.61. The molecule has 7 rings (SSSR count). The molecule has 1 fully saturated rings. The van der Waals surface area contributed by atoms with E-state index in [0.717, 1.165) is 26.2 Å². The van der Waals surface area contributed by atoms with Crippen LogP contribution in [0, 0.1) is 0 Å². The summed E-state index contributed by atoms with van der Waals surface area (Å²) in [5.41, 5.74) is 10.1. The summed E-state index contributed by atoms with van der Waals surface area (Å²) >= 11 is 0. The first-order valence-electron chi connectivity index (χ1n) is 14.6. The number of aliphatic hydroxyl groups is 2. The third kappa shape index (κ3) is 5.87. The molecular formula is C34H38Cl2N4O2. The minimum atomic E-state index is -0.412. The van der Waals surface area contributed by atoms with E-state index in [4.69, 9.17) is 0 Å². The van der Waals surface area contributed by atoms with Gasteiger partial charge in [-0.15, -0.1) is 0 Å². The Hall–Kier alpha value is -2.78. The van der Waals surface area contributed by atoms with Gasteiger partial charge in [0.25, 0.3) is 0 Å². The molecule has 8 heteroatoms. The number of hydrogen-bond donors (Lipinski definition) is 4. The molecule has 0 bridgehead atoms. The molecule has 4 N–H and O–H groups in total. The Kier molecular flexibility index (Phi) is 9.67. The molecule has 1 saturated heterocycles. The van der Waals surface area contributed by atoms with Crippen LogP contribution < -0.4 is 34.6 Å². The fourth-order valence-electron chi connectivity index (χ4n) is 7.01. The number of β-amino-alcohol motifs (C(OH)–C–C–N with tert-alkyl or cyclic N) is 2. The lowest BCUT2D eigenvalue weighted by Crippen LogP contribution is -3.03. The summed E-state index contributed by atoms with van der Waals surface area (Å²) < 4.78 is 0. The zero-order chi connectivity index (χ0) is 27.1. The summed E-state index contributed by atoms with van der Waals surface area (Å²) in [6, 6.07) is 34.2. The molecule has 4 aromatic rings. The van der Waals surface area contributed by atoms with Gasteiger partial charge in [-0.25, -0.2) is 0 Å². The van der Waals surface area contributed by atoms with Crippen LogP contribution in [0.4, 0.5) is 22.7 Å². The zero-order valence-electron chi connectivity index (χ0n) is 23.6. The van der Waals surface area contributed by atoms with E-state index in [9.17, 15) is 10.2 Å². The Labute approximate surface area is 260 Å². The number of hydrogen-bond acceptors (Lipinski definition) is 4. The SMILES string of the molecule is OC(CN1CCN(CC(O)C[NH+]2c3ccccc3-c3ccccc32)CC1)C[NH+]1c2ccccc2-c2ccccc21.[Cl-].[Cl-]. The van der Waals surface area contributed by atoms with Crippen molar-refractivity contribution >= 4 is 22.7 Å². The highest BCUT2D eigenvalue weighted by Crippen LogP contribution is 2.37. The topological polar surface area (TPSA) is 55.8 Å². The summed E-state index contributed by atoms with van der Waals surface area (Å²) in [5.74, 6) is 0. The highest BCUT2D eigenvalue weighted by molar-refractivity contribution is 5.85. The van der Waals surface area contributed by atoms with Crippen LogP contribution in [0.5, 0.6) is 0 Å². The Balaban J connectivity index is 0.00000176. The van der Waals surface area contributed by atoms with E-state index in [-0.39, 0.29) is 24.8 Å². The van der Waals surface area contributed by atoms with Crippen LogP contribution in [0.15, 0.2) is 97.1 Å². The van der Waals surface area contributed by atoms with Crippen molar-refractivity contribution in [1.82, 2.24) is 9.80 Å². The van der Waals surface area contributed by atoms with Crippen molar-refractivity contribution < 1.29 is 44.8 Å². The summed E-state index contributed by atoms with van der Waals surface area (Å²) in [6.07, 6.45) is -0.824. The molecule has 0 amide bonds. The van der Waals surface area contributed by atoms with E-state index < -0.39 is 12.2 Å². The van der Waals surface area contributed by atoms with Crippen molar-refractivity contribution in [2.24, 2.45) is 0 Å². The molecule has 220 valence electrons. The minimum Gasteiger partial charge on any atom is -1.00 e. The van der Waals surface area contributed by atoms with Crippen molar-refractivity contribution in [3.63, 3.8) is 0 Å². The average molecular weight is 606 g/mol. The number of para-hydroxylation sites is 4. The van der Waals surface area contributed by atoms with Gasteiger partial charge >= 0.3 is 0 Å². The second kappa shape index (κ2) is 13.2. The van der Waals surface area contributed by atoms with Gasteiger partial charge in [0, 0.05) is 85.8 Å². The fourth-order valence-corrected chi connectivity index (χ4v) is 7.01. The molecule has 0 aliphatic carbocycles. The van der Waals surface area contributed by atoms with E-state index in [1.807, 2.05) is 0 Å². The van der Waals surface area contributed by atoms with Gasteiger partial charge in [0.15, 0.2) is 0 Å². The predicted molar refractivity (Wildman–Crippen MR) is 159 cm³/mol. The smallest absolute Gasteiger partial charge is 0.144 e. The maximum Gasteiger partial charge on any atom is 0.144 e. The van der Waals surface area contributed by atoms with Gasteiger partial charge in [0.05, 0.1) is 0 Å². The molecule has 3 heterocycles. The third-order valence-corrected chi connectivity index (χ3v) is 8.87. The lowest BCUT2D eigenvalue weighted by Gasteiger charge is -2.36. The van der Waals surface area contributed by atoms with Crippen molar-refractivity contribution in [3.8, 4) is 22.3 Å². The van der Waals surface area contributed by atoms with Crippen LogP contribution in [-0.2, 0) is 0 Å². The van der Waals surface area contributed by atoms with Gasteiger partial charge in [-0.1, -0.05) is 48.5 Å². The van der Waals surface area contributed by atoms with Gasteiger partial charge in [-0.2, -0.15) is 0 Å². The van der Waals surface area contributed by atoms with Gasteiger partial charge < -0.3 is 35.0 Å². The van der Waals surface area contributed by atoms with Crippen LogP contribution in [0.25, 0.3) is 22.3 Å². The number of benzene rings is 4. The van der Waals surface area contributed by atoms with Gasteiger partial charge in [-0.05, 0) is 24.3 Å². The molecule has 0 aromatic heterocycles. The van der Waals surface area contributed by atoms with Gasteiger partial charge in [0.2, 0.25) is 0 Å². The maximum absolute atomic E-state index is 11.1. The van der Waals surface area contributed by atoms with E-state index in [1.165, 1.54) is 54.8 Å². The monoisotopic (exact) mass is 604 g/mol. The Morgan fingerprint density at radius 2 is 0.738 bits per heavy atom. The molecule has 0 saturated carbocycles. The van der Waals surface area contributed by atoms with Crippen LogP contribution in [0.3, 0.4) is 0 Å². The number of fused-ring (bicyclic) bond motifs is 6. The molecule has 4 aromatic carbocycles. The van der Waals surface area contributed by atoms with Crippen LogP contribution in [0.1, 0.15) is 0 Å². The number of halogens is 2. The highest BCUT2D eigenvalue weighted by Gasteiger charge is 2.35. The van der Waals surface area contributed by atoms with Crippen molar-refractivity contribution in [2.45, 2.75) is 12.2 Å². The highest BCUT2D eigenvalue weighted by atomic mass is 35.5. The van der Waals surface area contributed by atoms with E-state index in [2.05, 4.69) is 107 Å². The van der Waals surface area contributed by atoms with Crippen molar-refractivity contribution in [1.29, 1.82) is 0 Å². The van der Waals surface area contributed by atoms with Crippen LogP contribution >= 0.6 is 0 Å². The molecule has 3 aliphatic rings. The molecule has 0 radical (unpaired) electrons. The molecular weight excluding hydrogens is 567 g/mol. The number of aliphatic hydroxyl groups excluding tert-OH is 2. The maximum atomic E-state index is 11.1. The second-order valence-corrected chi connectivity index (χ2v) is 11.5. The fraction of sp³-hybridized carbons (Fsp3) is 0.294. The number of quaternary nitrogens is 2. The normalized spacial score (nSPS) is 17.8. The van der Waals surface area contributed by atoms with Crippen LogP contribution in [-0.4, -0.2) is 84.6 Å². The first kappa shape index (κ1) is 30.7. The number of rotatable bonds is 8. The molecule has 3 aliphatic heterocycles. The Bertz CT molecular complexity index is 1310. The summed E-state index contributed by atoms with van der Waals surface area (Å²) in [4.78, 5) is 7.26. The Morgan fingerprint density at radius 3 is 1.02 bits per heavy atom. The first-order chi connectivity index (χ1) is 19.7. The van der Waals surface area contributed by atoms with Gasteiger partial charge in [-0.3, -0.25) is 19.6 Å². The Morgan fingerprint density at radius 1 is 0.476 bits per heavy atom. The van der Waals surface area contributed by atoms with E-state index in [0.29, 0.717) is 26.2 Å². The lowest BCUT2D eigenvalue weighted by molar-refractivity contribution is -0.761.